The molecule has 1 saturated heterocycles. The van der Waals surface area contributed by atoms with Crippen molar-refractivity contribution < 1.29 is 19.1 Å². The van der Waals surface area contributed by atoms with Crippen molar-refractivity contribution in [1.82, 2.24) is 4.90 Å². The molecule has 0 spiro atoms. The number of nitrogens with zero attached hydrogens (tertiary/aromatic N) is 1. The van der Waals surface area contributed by atoms with Crippen LogP contribution in [-0.4, -0.2) is 43.1 Å². The SMILES string of the molecule is CC(=O)Oc1cccc(C(=O)Nc2ccc(CN3CCOCC3)cc2)c1. The van der Waals surface area contributed by atoms with Crippen LogP contribution in [0.25, 0.3) is 0 Å². The van der Waals surface area contributed by atoms with Gasteiger partial charge in [-0.15, -0.1) is 0 Å². The van der Waals surface area contributed by atoms with Gasteiger partial charge in [0.1, 0.15) is 5.75 Å². The summed E-state index contributed by atoms with van der Waals surface area (Å²) in [7, 11) is 0. The lowest BCUT2D eigenvalue weighted by atomic mass is 10.1. The number of anilines is 1. The molecular formula is C20H22N2O4. The van der Waals surface area contributed by atoms with Crippen LogP contribution in [0.15, 0.2) is 48.5 Å². The van der Waals surface area contributed by atoms with Crippen molar-refractivity contribution in [3.8, 4) is 5.75 Å². The number of ether oxygens (including phenoxy) is 2. The summed E-state index contributed by atoms with van der Waals surface area (Å²) in [5, 5.41) is 2.86. The molecule has 6 nitrogen and oxygen atoms in total. The van der Waals surface area contributed by atoms with Crippen molar-refractivity contribution >= 4 is 17.6 Å². The number of benzene rings is 2. The topological polar surface area (TPSA) is 67.9 Å². The van der Waals surface area contributed by atoms with Crippen molar-refractivity contribution in [3.63, 3.8) is 0 Å². The molecule has 0 radical (unpaired) electrons. The van der Waals surface area contributed by atoms with Crippen molar-refractivity contribution in [1.29, 1.82) is 0 Å². The lowest BCUT2D eigenvalue weighted by Gasteiger charge is -2.26. The van der Waals surface area contributed by atoms with Crippen LogP contribution in [0.1, 0.15) is 22.8 Å². The first kappa shape index (κ1) is 18.1. The molecule has 1 amide bonds. The molecule has 0 atom stereocenters. The van der Waals surface area contributed by atoms with Crippen LogP contribution < -0.4 is 10.1 Å². The monoisotopic (exact) mass is 354 g/mol. The molecule has 1 aliphatic heterocycles. The van der Waals surface area contributed by atoms with Crippen LogP contribution in [-0.2, 0) is 16.1 Å². The molecular weight excluding hydrogens is 332 g/mol. The van der Waals surface area contributed by atoms with Crippen molar-refractivity contribution in [2.45, 2.75) is 13.5 Å². The Balaban J connectivity index is 1.59. The van der Waals surface area contributed by atoms with E-state index in [1.165, 1.54) is 12.5 Å². The summed E-state index contributed by atoms with van der Waals surface area (Å²) in [6.07, 6.45) is 0. The zero-order valence-electron chi connectivity index (χ0n) is 14.7. The van der Waals surface area contributed by atoms with Gasteiger partial charge in [0.25, 0.3) is 5.91 Å². The summed E-state index contributed by atoms with van der Waals surface area (Å²) in [4.78, 5) is 25.8. The highest BCUT2D eigenvalue weighted by molar-refractivity contribution is 6.04. The minimum atomic E-state index is -0.418. The summed E-state index contributed by atoms with van der Waals surface area (Å²) in [6.45, 7) is 5.64. The van der Waals surface area contributed by atoms with Crippen LogP contribution in [0.3, 0.4) is 0 Å². The van der Waals surface area contributed by atoms with Gasteiger partial charge in [0, 0.05) is 37.8 Å². The quantitative estimate of drug-likeness (QED) is 0.660. The number of carbonyl (C=O) groups excluding carboxylic acids is 2. The average Bonchev–Trinajstić information content (AvgIpc) is 2.64. The minimum absolute atomic E-state index is 0.250. The Bertz CT molecular complexity index is 768. The van der Waals surface area contributed by atoms with E-state index in [0.717, 1.165) is 38.5 Å². The van der Waals surface area contributed by atoms with Crippen molar-refractivity contribution in [3.05, 3.63) is 59.7 Å². The standard InChI is InChI=1S/C20H22N2O4/c1-15(23)26-19-4-2-3-17(13-19)20(24)21-18-7-5-16(6-8-18)14-22-9-11-25-12-10-22/h2-8,13H,9-12,14H2,1H3,(H,21,24). The highest BCUT2D eigenvalue weighted by atomic mass is 16.5. The van der Waals surface area contributed by atoms with Gasteiger partial charge in [-0.2, -0.15) is 0 Å². The van der Waals surface area contributed by atoms with Crippen LogP contribution in [0.4, 0.5) is 5.69 Å². The van der Waals surface area contributed by atoms with Crippen molar-refractivity contribution in [2.24, 2.45) is 0 Å². The molecule has 1 heterocycles. The van der Waals surface area contributed by atoms with Gasteiger partial charge in [-0.05, 0) is 35.9 Å². The fourth-order valence-corrected chi connectivity index (χ4v) is 2.78. The minimum Gasteiger partial charge on any atom is -0.427 e. The van der Waals surface area contributed by atoms with Crippen molar-refractivity contribution in [2.75, 3.05) is 31.6 Å². The smallest absolute Gasteiger partial charge is 0.308 e. The highest BCUT2D eigenvalue weighted by Crippen LogP contribution is 2.17. The molecule has 3 rings (SSSR count). The van der Waals surface area contributed by atoms with Crippen LogP contribution in [0, 0.1) is 0 Å². The third-order valence-corrected chi connectivity index (χ3v) is 4.08. The molecule has 1 aliphatic rings. The summed E-state index contributed by atoms with van der Waals surface area (Å²) in [6, 6.07) is 14.4. The Morgan fingerprint density at radius 1 is 1.12 bits per heavy atom. The molecule has 2 aromatic rings. The first-order valence-electron chi connectivity index (χ1n) is 8.59. The van der Waals surface area contributed by atoms with E-state index >= 15 is 0 Å². The van der Waals surface area contributed by atoms with E-state index in [2.05, 4.69) is 10.2 Å². The zero-order valence-corrected chi connectivity index (χ0v) is 14.7. The van der Waals surface area contributed by atoms with E-state index in [1.807, 2.05) is 24.3 Å². The summed E-state index contributed by atoms with van der Waals surface area (Å²) < 4.78 is 10.4. The van der Waals surface area contributed by atoms with E-state index in [9.17, 15) is 9.59 Å². The first-order valence-corrected chi connectivity index (χ1v) is 8.59. The van der Waals surface area contributed by atoms with E-state index in [0.29, 0.717) is 11.3 Å². The molecule has 0 saturated carbocycles. The van der Waals surface area contributed by atoms with Crippen LogP contribution in [0.2, 0.25) is 0 Å². The van der Waals surface area contributed by atoms with Crippen LogP contribution in [0.5, 0.6) is 5.75 Å². The highest BCUT2D eigenvalue weighted by Gasteiger charge is 2.11. The first-order chi connectivity index (χ1) is 12.6. The third kappa shape index (κ3) is 5.15. The number of morpholine rings is 1. The molecule has 0 aliphatic carbocycles. The Morgan fingerprint density at radius 2 is 1.85 bits per heavy atom. The largest absolute Gasteiger partial charge is 0.427 e. The Morgan fingerprint density at radius 3 is 2.54 bits per heavy atom. The Hall–Kier alpha value is -2.70. The number of amides is 1. The second kappa shape index (κ2) is 8.60. The molecule has 26 heavy (non-hydrogen) atoms. The van der Waals surface area contributed by atoms with E-state index in [4.69, 9.17) is 9.47 Å². The van der Waals surface area contributed by atoms with Gasteiger partial charge in [0.15, 0.2) is 0 Å². The lowest BCUT2D eigenvalue weighted by molar-refractivity contribution is -0.131. The molecule has 6 heteroatoms. The molecule has 0 unspecified atom stereocenters. The number of hydrogen-bond donors (Lipinski definition) is 1. The maximum absolute atomic E-state index is 12.4. The van der Waals surface area contributed by atoms with E-state index < -0.39 is 5.97 Å². The average molecular weight is 354 g/mol. The maximum atomic E-state index is 12.4. The van der Waals surface area contributed by atoms with Gasteiger partial charge in [0.2, 0.25) is 0 Å². The summed E-state index contributed by atoms with van der Waals surface area (Å²) >= 11 is 0. The Kier molecular flexibility index (Phi) is 5.99. The molecule has 2 aromatic carbocycles. The predicted octanol–water partition coefficient (Wildman–Crippen LogP) is 2.70. The van der Waals surface area contributed by atoms with Crippen LogP contribution >= 0.6 is 0 Å². The molecule has 0 bridgehead atoms. The van der Waals surface area contributed by atoms with Gasteiger partial charge < -0.3 is 14.8 Å². The lowest BCUT2D eigenvalue weighted by Crippen LogP contribution is -2.35. The molecule has 1 fully saturated rings. The van der Waals surface area contributed by atoms with E-state index in [-0.39, 0.29) is 5.91 Å². The number of esters is 1. The van der Waals surface area contributed by atoms with Gasteiger partial charge in [-0.3, -0.25) is 14.5 Å². The predicted molar refractivity (Wildman–Crippen MR) is 98.2 cm³/mol. The second-order valence-corrected chi connectivity index (χ2v) is 6.16. The van der Waals surface area contributed by atoms with E-state index in [1.54, 1.807) is 24.3 Å². The summed E-state index contributed by atoms with van der Waals surface area (Å²) in [5.41, 5.74) is 2.35. The maximum Gasteiger partial charge on any atom is 0.308 e. The number of carbonyl (C=O) groups is 2. The zero-order chi connectivity index (χ0) is 18.4. The van der Waals surface area contributed by atoms with Gasteiger partial charge in [-0.1, -0.05) is 18.2 Å². The number of rotatable bonds is 5. The number of nitrogens with one attached hydrogen (secondary N) is 1. The molecule has 1 N–H and O–H groups in total. The summed E-state index contributed by atoms with van der Waals surface area (Å²) in [5.74, 6) is -0.315. The van der Waals surface area contributed by atoms with Gasteiger partial charge in [0.05, 0.1) is 13.2 Å². The fourth-order valence-electron chi connectivity index (χ4n) is 2.78. The molecule has 136 valence electrons. The van der Waals surface area contributed by atoms with Gasteiger partial charge in [-0.25, -0.2) is 0 Å². The number of hydrogen-bond acceptors (Lipinski definition) is 5. The third-order valence-electron chi connectivity index (χ3n) is 4.08. The second-order valence-electron chi connectivity index (χ2n) is 6.16. The fraction of sp³-hybridized carbons (Fsp3) is 0.300. The molecule has 0 aromatic heterocycles. The Labute approximate surface area is 152 Å². The normalized spacial score (nSPS) is 14.7. The van der Waals surface area contributed by atoms with Gasteiger partial charge >= 0.3 is 5.97 Å².